The number of aromatic nitrogens is 1. The van der Waals surface area contributed by atoms with Crippen molar-refractivity contribution in [1.29, 1.82) is 0 Å². The molecule has 0 unspecified atom stereocenters. The SMILES string of the molecule is Cc1[nH]c2ccccc2c1C(=O)[C@H](C)OC(=O)c1cccc(NS(C)(=O)=O)c1. The minimum absolute atomic E-state index is 0.143. The Morgan fingerprint density at radius 3 is 2.54 bits per heavy atom. The molecule has 2 aromatic carbocycles. The molecule has 1 aromatic heterocycles. The summed E-state index contributed by atoms with van der Waals surface area (Å²) >= 11 is 0. The fourth-order valence-electron chi connectivity index (χ4n) is 3.00. The topological polar surface area (TPSA) is 105 Å². The van der Waals surface area contributed by atoms with E-state index in [0.29, 0.717) is 11.3 Å². The van der Waals surface area contributed by atoms with Gasteiger partial charge in [-0.1, -0.05) is 24.3 Å². The Morgan fingerprint density at radius 2 is 1.82 bits per heavy atom. The molecule has 0 aliphatic heterocycles. The molecule has 28 heavy (non-hydrogen) atoms. The summed E-state index contributed by atoms with van der Waals surface area (Å²) in [4.78, 5) is 28.5. The molecule has 2 N–H and O–H groups in total. The highest BCUT2D eigenvalue weighted by Crippen LogP contribution is 2.24. The van der Waals surface area contributed by atoms with Crippen LogP contribution in [-0.4, -0.2) is 37.5 Å². The molecule has 1 heterocycles. The van der Waals surface area contributed by atoms with E-state index in [9.17, 15) is 18.0 Å². The summed E-state index contributed by atoms with van der Waals surface area (Å²) in [5, 5.41) is 0.771. The van der Waals surface area contributed by atoms with E-state index in [1.807, 2.05) is 24.3 Å². The third-order valence-corrected chi connectivity index (χ3v) is 4.80. The van der Waals surface area contributed by atoms with Gasteiger partial charge in [0.1, 0.15) is 0 Å². The second-order valence-electron chi connectivity index (χ2n) is 6.54. The van der Waals surface area contributed by atoms with Gasteiger partial charge in [-0.25, -0.2) is 13.2 Å². The summed E-state index contributed by atoms with van der Waals surface area (Å²) in [6, 6.07) is 13.3. The number of sulfonamides is 1. The normalized spacial score (nSPS) is 12.5. The van der Waals surface area contributed by atoms with E-state index in [-0.39, 0.29) is 17.0 Å². The Balaban J connectivity index is 1.80. The number of anilines is 1. The number of carbonyl (C=O) groups excluding carboxylic acids is 2. The summed E-state index contributed by atoms with van der Waals surface area (Å²) in [5.41, 5.74) is 2.41. The highest BCUT2D eigenvalue weighted by molar-refractivity contribution is 7.92. The Labute approximate surface area is 162 Å². The lowest BCUT2D eigenvalue weighted by molar-refractivity contribution is 0.0319. The van der Waals surface area contributed by atoms with Crippen LogP contribution in [0.5, 0.6) is 0 Å². The van der Waals surface area contributed by atoms with Gasteiger partial charge >= 0.3 is 5.97 Å². The third kappa shape index (κ3) is 4.23. The lowest BCUT2D eigenvalue weighted by Gasteiger charge is -2.13. The average Bonchev–Trinajstić information content (AvgIpc) is 2.95. The van der Waals surface area contributed by atoms with E-state index in [2.05, 4.69) is 9.71 Å². The summed E-state index contributed by atoms with van der Waals surface area (Å²) in [5.74, 6) is -1.02. The second-order valence-corrected chi connectivity index (χ2v) is 8.29. The van der Waals surface area contributed by atoms with Crippen LogP contribution in [0.25, 0.3) is 10.9 Å². The molecule has 7 nitrogen and oxygen atoms in total. The van der Waals surface area contributed by atoms with Gasteiger partial charge in [0.05, 0.1) is 11.8 Å². The van der Waals surface area contributed by atoms with Crippen molar-refractivity contribution < 1.29 is 22.7 Å². The molecule has 3 aromatic rings. The van der Waals surface area contributed by atoms with E-state index in [1.165, 1.54) is 31.2 Å². The number of nitrogens with one attached hydrogen (secondary N) is 2. The van der Waals surface area contributed by atoms with E-state index < -0.39 is 22.1 Å². The van der Waals surface area contributed by atoms with Crippen LogP contribution < -0.4 is 4.72 Å². The molecule has 1 atom stereocenters. The Bertz CT molecular complexity index is 1160. The van der Waals surface area contributed by atoms with Crippen molar-refractivity contribution in [2.45, 2.75) is 20.0 Å². The first kappa shape index (κ1) is 19.6. The number of benzene rings is 2. The third-order valence-electron chi connectivity index (χ3n) is 4.19. The zero-order chi connectivity index (χ0) is 20.5. The molecule has 0 spiro atoms. The average molecular weight is 400 g/mol. The van der Waals surface area contributed by atoms with Gasteiger partial charge < -0.3 is 9.72 Å². The molecule has 0 aliphatic rings. The predicted octanol–water partition coefficient (Wildman–Crippen LogP) is 3.28. The first-order valence-electron chi connectivity index (χ1n) is 8.56. The maximum absolute atomic E-state index is 12.9. The minimum atomic E-state index is -3.47. The van der Waals surface area contributed by atoms with E-state index in [4.69, 9.17) is 4.74 Å². The summed E-state index contributed by atoms with van der Waals surface area (Å²) in [6.07, 6.45) is 0.0133. The number of Topliss-reactive ketones (excluding diaryl/α,β-unsaturated/α-hetero) is 1. The largest absolute Gasteiger partial charge is 0.451 e. The van der Waals surface area contributed by atoms with Gasteiger partial charge in [-0.05, 0) is 38.1 Å². The van der Waals surface area contributed by atoms with E-state index >= 15 is 0 Å². The van der Waals surface area contributed by atoms with Crippen molar-refractivity contribution in [2.75, 3.05) is 11.0 Å². The van der Waals surface area contributed by atoms with Crippen molar-refractivity contribution in [2.24, 2.45) is 0 Å². The molecule has 0 fully saturated rings. The number of hydrogen-bond acceptors (Lipinski definition) is 5. The predicted molar refractivity (Wildman–Crippen MR) is 107 cm³/mol. The standard InChI is InChI=1S/C20H20N2O5S/c1-12-18(16-9-4-5-10-17(16)21-12)19(23)13(2)27-20(24)14-7-6-8-15(11-14)22-28(3,25)26/h4-11,13,21-22H,1-3H3/t13-/m0/s1. The number of H-pyrrole nitrogens is 1. The molecule has 146 valence electrons. The number of aromatic amines is 1. The summed E-state index contributed by atoms with van der Waals surface area (Å²) < 4.78 is 30.3. The van der Waals surface area contributed by atoms with Crippen molar-refractivity contribution in [3.63, 3.8) is 0 Å². The van der Waals surface area contributed by atoms with Crippen LogP contribution in [0.3, 0.4) is 0 Å². The van der Waals surface area contributed by atoms with Crippen molar-refractivity contribution in [3.8, 4) is 0 Å². The molecular formula is C20H20N2O5S. The van der Waals surface area contributed by atoms with Gasteiger partial charge in [0.2, 0.25) is 15.8 Å². The number of para-hydroxylation sites is 1. The van der Waals surface area contributed by atoms with Gasteiger partial charge in [0, 0.05) is 27.8 Å². The zero-order valence-electron chi connectivity index (χ0n) is 15.6. The first-order valence-corrected chi connectivity index (χ1v) is 10.4. The van der Waals surface area contributed by atoms with Crippen LogP contribution in [0, 0.1) is 6.92 Å². The molecule has 0 saturated carbocycles. The molecule has 0 amide bonds. The number of carbonyl (C=O) groups is 2. The fraction of sp³-hybridized carbons (Fsp3) is 0.200. The van der Waals surface area contributed by atoms with Crippen molar-refractivity contribution in [3.05, 3.63) is 65.4 Å². The number of rotatable bonds is 6. The fourth-order valence-corrected chi connectivity index (χ4v) is 3.56. The number of hydrogen-bond donors (Lipinski definition) is 2. The maximum Gasteiger partial charge on any atom is 0.338 e. The number of esters is 1. The molecule has 0 aliphatic carbocycles. The number of ether oxygens (including phenoxy) is 1. The van der Waals surface area contributed by atoms with Crippen LogP contribution in [0.2, 0.25) is 0 Å². The van der Waals surface area contributed by atoms with Crippen molar-refractivity contribution >= 4 is 38.4 Å². The maximum atomic E-state index is 12.9. The first-order chi connectivity index (χ1) is 13.2. The second kappa shape index (κ2) is 7.47. The zero-order valence-corrected chi connectivity index (χ0v) is 16.5. The molecule has 0 saturated heterocycles. The molecule has 3 rings (SSSR count). The van der Waals surface area contributed by atoms with Gasteiger partial charge in [0.15, 0.2) is 6.10 Å². The van der Waals surface area contributed by atoms with Crippen molar-refractivity contribution in [1.82, 2.24) is 4.98 Å². The smallest absolute Gasteiger partial charge is 0.338 e. The molecule has 0 radical (unpaired) electrons. The number of ketones is 1. The Hall–Kier alpha value is -3.13. The quantitative estimate of drug-likeness (QED) is 0.488. The van der Waals surface area contributed by atoms with Crippen LogP contribution in [0.4, 0.5) is 5.69 Å². The molecule has 8 heteroatoms. The Morgan fingerprint density at radius 1 is 1.11 bits per heavy atom. The van der Waals surface area contributed by atoms with Crippen LogP contribution >= 0.6 is 0 Å². The Kier molecular flexibility index (Phi) is 5.24. The molecule has 0 bridgehead atoms. The number of aryl methyl sites for hydroxylation is 1. The van der Waals surface area contributed by atoms with Crippen LogP contribution in [0.1, 0.15) is 33.3 Å². The van der Waals surface area contributed by atoms with Gasteiger partial charge in [-0.2, -0.15) is 0 Å². The van der Waals surface area contributed by atoms with E-state index in [1.54, 1.807) is 6.92 Å². The number of fused-ring (bicyclic) bond motifs is 1. The minimum Gasteiger partial charge on any atom is -0.451 e. The van der Waals surface area contributed by atoms with Crippen LogP contribution in [0.15, 0.2) is 48.5 Å². The van der Waals surface area contributed by atoms with Gasteiger partial charge in [-0.3, -0.25) is 9.52 Å². The highest BCUT2D eigenvalue weighted by Gasteiger charge is 2.25. The highest BCUT2D eigenvalue weighted by atomic mass is 32.2. The van der Waals surface area contributed by atoms with Crippen LogP contribution in [-0.2, 0) is 14.8 Å². The van der Waals surface area contributed by atoms with Gasteiger partial charge in [0.25, 0.3) is 0 Å². The lowest BCUT2D eigenvalue weighted by Crippen LogP contribution is -2.25. The monoisotopic (exact) mass is 400 g/mol. The summed E-state index contributed by atoms with van der Waals surface area (Å²) in [6.45, 7) is 3.31. The van der Waals surface area contributed by atoms with E-state index in [0.717, 1.165) is 17.2 Å². The molecular weight excluding hydrogens is 380 g/mol. The van der Waals surface area contributed by atoms with Gasteiger partial charge in [-0.15, -0.1) is 0 Å². The summed E-state index contributed by atoms with van der Waals surface area (Å²) in [7, 11) is -3.47. The lowest BCUT2D eigenvalue weighted by atomic mass is 10.0.